The van der Waals surface area contributed by atoms with Crippen LogP contribution in [0.5, 0.6) is 0 Å². The molecule has 0 rings (SSSR count). The van der Waals surface area contributed by atoms with Crippen LogP contribution in [-0.4, -0.2) is 18.5 Å². The number of hydrogen-bond acceptors (Lipinski definition) is 2. The van der Waals surface area contributed by atoms with Crippen molar-refractivity contribution < 1.29 is 9.53 Å². The van der Waals surface area contributed by atoms with Crippen LogP contribution in [0.2, 0.25) is 0 Å². The van der Waals surface area contributed by atoms with Crippen LogP contribution in [0.25, 0.3) is 0 Å². The Balaban J connectivity index is 4.09. The highest BCUT2D eigenvalue weighted by molar-refractivity contribution is 5.85. The first kappa shape index (κ1) is 12.6. The van der Waals surface area contributed by atoms with Crippen LogP contribution in [0.1, 0.15) is 47.0 Å². The van der Waals surface area contributed by atoms with Gasteiger partial charge in [0.15, 0.2) is 5.78 Å². The average molecular weight is 186 g/mol. The summed E-state index contributed by atoms with van der Waals surface area (Å²) < 4.78 is 5.42. The number of rotatable bonds is 7. The van der Waals surface area contributed by atoms with E-state index in [4.69, 9.17) is 4.74 Å². The predicted octanol–water partition coefficient (Wildman–Crippen LogP) is 2.81. The number of carbonyl (C=O) groups is 1. The molecule has 2 atom stereocenters. The Morgan fingerprint density at radius 2 is 1.92 bits per heavy atom. The summed E-state index contributed by atoms with van der Waals surface area (Å²) in [6, 6.07) is 0. The minimum absolute atomic E-state index is 0.142. The van der Waals surface area contributed by atoms with Gasteiger partial charge in [0.05, 0.1) is 0 Å². The smallest absolute Gasteiger partial charge is 0.164 e. The Bertz CT molecular complexity index is 137. The molecule has 0 aliphatic heterocycles. The molecule has 0 saturated carbocycles. The molecule has 0 spiro atoms. The van der Waals surface area contributed by atoms with Gasteiger partial charge >= 0.3 is 0 Å². The predicted molar refractivity (Wildman–Crippen MR) is 54.8 cm³/mol. The van der Waals surface area contributed by atoms with Gasteiger partial charge in [0.1, 0.15) is 6.10 Å². The van der Waals surface area contributed by atoms with Crippen molar-refractivity contribution >= 4 is 5.78 Å². The zero-order chi connectivity index (χ0) is 10.3. The fourth-order valence-electron chi connectivity index (χ4n) is 1.29. The first-order valence-electron chi connectivity index (χ1n) is 5.32. The molecule has 0 amide bonds. The van der Waals surface area contributed by atoms with Gasteiger partial charge in [-0.2, -0.15) is 0 Å². The third-order valence-corrected chi connectivity index (χ3v) is 2.33. The van der Waals surface area contributed by atoms with Crippen molar-refractivity contribution in [3.63, 3.8) is 0 Å². The summed E-state index contributed by atoms with van der Waals surface area (Å²) in [6.07, 6.45) is 2.61. The summed E-state index contributed by atoms with van der Waals surface area (Å²) in [5.41, 5.74) is 0. The fourth-order valence-corrected chi connectivity index (χ4v) is 1.29. The largest absolute Gasteiger partial charge is 0.371 e. The number of ketones is 1. The van der Waals surface area contributed by atoms with E-state index in [1.54, 1.807) is 0 Å². The monoisotopic (exact) mass is 186 g/mol. The molecule has 2 nitrogen and oxygen atoms in total. The standard InChI is InChI=1S/C11H22O2/c1-5-8-10(13-7-3)11(12)9(4)6-2/h9-10H,5-8H2,1-4H3. The van der Waals surface area contributed by atoms with Crippen LogP contribution in [0.3, 0.4) is 0 Å². The molecule has 0 aliphatic rings. The van der Waals surface area contributed by atoms with E-state index >= 15 is 0 Å². The maximum absolute atomic E-state index is 11.7. The molecule has 78 valence electrons. The molecule has 0 saturated heterocycles. The maximum Gasteiger partial charge on any atom is 0.164 e. The van der Waals surface area contributed by atoms with Crippen LogP contribution < -0.4 is 0 Å². The highest BCUT2D eigenvalue weighted by atomic mass is 16.5. The summed E-state index contributed by atoms with van der Waals surface area (Å²) in [5.74, 6) is 0.411. The lowest BCUT2D eigenvalue weighted by molar-refractivity contribution is -0.134. The Hall–Kier alpha value is -0.370. The third kappa shape index (κ3) is 4.41. The minimum atomic E-state index is -0.162. The minimum Gasteiger partial charge on any atom is -0.371 e. The van der Waals surface area contributed by atoms with Gasteiger partial charge in [-0.1, -0.05) is 27.2 Å². The Kier molecular flexibility index (Phi) is 6.87. The number of Topliss-reactive ketones (excluding diaryl/α,β-unsaturated/α-hetero) is 1. The van der Waals surface area contributed by atoms with Gasteiger partial charge in [0.25, 0.3) is 0 Å². The lowest BCUT2D eigenvalue weighted by Gasteiger charge is -2.18. The van der Waals surface area contributed by atoms with Gasteiger partial charge in [-0.15, -0.1) is 0 Å². The average Bonchev–Trinajstić information content (AvgIpc) is 2.15. The molecule has 2 unspecified atom stereocenters. The second kappa shape index (κ2) is 7.07. The highest BCUT2D eigenvalue weighted by Crippen LogP contribution is 2.12. The van der Waals surface area contributed by atoms with Crippen molar-refractivity contribution in [3.8, 4) is 0 Å². The van der Waals surface area contributed by atoms with Crippen molar-refractivity contribution in [1.82, 2.24) is 0 Å². The van der Waals surface area contributed by atoms with Crippen LogP contribution in [0, 0.1) is 5.92 Å². The van der Waals surface area contributed by atoms with Gasteiger partial charge in [-0.05, 0) is 19.8 Å². The molecule has 0 radical (unpaired) electrons. The van der Waals surface area contributed by atoms with E-state index in [0.29, 0.717) is 6.61 Å². The molecular weight excluding hydrogens is 164 g/mol. The third-order valence-electron chi connectivity index (χ3n) is 2.33. The van der Waals surface area contributed by atoms with E-state index in [9.17, 15) is 4.79 Å². The fraction of sp³-hybridized carbons (Fsp3) is 0.909. The van der Waals surface area contributed by atoms with Crippen molar-refractivity contribution in [2.24, 2.45) is 5.92 Å². The number of hydrogen-bond donors (Lipinski definition) is 0. The molecule has 0 aromatic rings. The molecule has 0 N–H and O–H groups in total. The summed E-state index contributed by atoms with van der Waals surface area (Å²) in [5, 5.41) is 0. The summed E-state index contributed by atoms with van der Waals surface area (Å²) in [6.45, 7) is 8.66. The first-order chi connectivity index (χ1) is 6.17. The highest BCUT2D eigenvalue weighted by Gasteiger charge is 2.21. The molecule has 13 heavy (non-hydrogen) atoms. The number of ether oxygens (including phenoxy) is 1. The molecule has 0 aromatic heterocycles. The molecule has 2 heteroatoms. The first-order valence-corrected chi connectivity index (χ1v) is 5.32. The lowest BCUT2D eigenvalue weighted by atomic mass is 9.97. The van der Waals surface area contributed by atoms with Crippen molar-refractivity contribution in [2.75, 3.05) is 6.61 Å². The normalized spacial score (nSPS) is 15.4. The summed E-state index contributed by atoms with van der Waals surface area (Å²) >= 11 is 0. The molecule has 0 bridgehead atoms. The zero-order valence-corrected chi connectivity index (χ0v) is 9.30. The van der Waals surface area contributed by atoms with Crippen LogP contribution in [0.4, 0.5) is 0 Å². The van der Waals surface area contributed by atoms with Gasteiger partial charge in [-0.25, -0.2) is 0 Å². The Morgan fingerprint density at radius 1 is 1.31 bits per heavy atom. The van der Waals surface area contributed by atoms with Gasteiger partial charge in [0.2, 0.25) is 0 Å². The molecule has 0 heterocycles. The topological polar surface area (TPSA) is 26.3 Å². The van der Waals surface area contributed by atoms with E-state index in [1.807, 2.05) is 20.8 Å². The quantitative estimate of drug-likeness (QED) is 0.611. The van der Waals surface area contributed by atoms with E-state index < -0.39 is 0 Å². The summed E-state index contributed by atoms with van der Waals surface area (Å²) in [7, 11) is 0. The zero-order valence-electron chi connectivity index (χ0n) is 9.30. The Labute approximate surface area is 81.7 Å². The maximum atomic E-state index is 11.7. The van der Waals surface area contributed by atoms with Crippen molar-refractivity contribution in [1.29, 1.82) is 0 Å². The SMILES string of the molecule is CCCC(OCC)C(=O)C(C)CC. The van der Waals surface area contributed by atoms with Crippen molar-refractivity contribution in [3.05, 3.63) is 0 Å². The molecular formula is C11H22O2. The number of carbonyl (C=O) groups excluding carboxylic acids is 1. The van der Waals surface area contributed by atoms with E-state index in [1.165, 1.54) is 0 Å². The van der Waals surface area contributed by atoms with E-state index in [-0.39, 0.29) is 17.8 Å². The second-order valence-electron chi connectivity index (χ2n) is 3.44. The van der Waals surface area contributed by atoms with Crippen LogP contribution >= 0.6 is 0 Å². The van der Waals surface area contributed by atoms with Gasteiger partial charge in [-0.3, -0.25) is 4.79 Å². The van der Waals surface area contributed by atoms with Crippen molar-refractivity contribution in [2.45, 2.75) is 53.1 Å². The van der Waals surface area contributed by atoms with Gasteiger partial charge < -0.3 is 4.74 Å². The lowest BCUT2D eigenvalue weighted by Crippen LogP contribution is -2.29. The molecule has 0 aliphatic carbocycles. The second-order valence-corrected chi connectivity index (χ2v) is 3.44. The van der Waals surface area contributed by atoms with E-state index in [2.05, 4.69) is 6.92 Å². The van der Waals surface area contributed by atoms with Crippen LogP contribution in [-0.2, 0) is 9.53 Å². The van der Waals surface area contributed by atoms with Gasteiger partial charge in [0, 0.05) is 12.5 Å². The Morgan fingerprint density at radius 3 is 2.31 bits per heavy atom. The summed E-state index contributed by atoms with van der Waals surface area (Å²) in [4.78, 5) is 11.7. The molecule has 0 aromatic carbocycles. The van der Waals surface area contributed by atoms with E-state index in [0.717, 1.165) is 19.3 Å². The molecule has 0 fully saturated rings. The van der Waals surface area contributed by atoms with Crippen LogP contribution in [0.15, 0.2) is 0 Å².